The van der Waals surface area contributed by atoms with Gasteiger partial charge in [0.25, 0.3) is 11.5 Å². The van der Waals surface area contributed by atoms with Gasteiger partial charge >= 0.3 is 0 Å². The molecule has 0 aliphatic carbocycles. The number of ether oxygens (including phenoxy) is 1. The Morgan fingerprint density at radius 3 is 2.92 bits per heavy atom. The molecule has 8 nitrogen and oxygen atoms in total. The molecule has 3 aromatic heterocycles. The van der Waals surface area contributed by atoms with Gasteiger partial charge in [-0.15, -0.1) is 16.4 Å². The minimum atomic E-state index is -0.384. The summed E-state index contributed by atoms with van der Waals surface area (Å²) < 4.78 is 9.32. The van der Waals surface area contributed by atoms with Crippen molar-refractivity contribution in [1.29, 1.82) is 0 Å². The fourth-order valence-electron chi connectivity index (χ4n) is 2.78. The maximum Gasteiger partial charge on any atom is 0.267 e. The first-order valence-electron chi connectivity index (χ1n) is 7.85. The van der Waals surface area contributed by atoms with Crippen LogP contribution in [-0.2, 0) is 4.74 Å². The Kier molecular flexibility index (Phi) is 4.70. The van der Waals surface area contributed by atoms with Gasteiger partial charge in [0.15, 0.2) is 5.82 Å². The Morgan fingerprint density at radius 2 is 2.19 bits per heavy atom. The summed E-state index contributed by atoms with van der Waals surface area (Å²) >= 11 is 4.70. The lowest BCUT2D eigenvalue weighted by molar-refractivity contribution is 0.0929. The highest BCUT2D eigenvalue weighted by atomic mass is 79.9. The Hall–Kier alpha value is -2.30. The zero-order valence-corrected chi connectivity index (χ0v) is 15.8. The normalized spacial score (nSPS) is 19.6. The monoisotopic (exact) mass is 435 g/mol. The molecule has 1 amide bonds. The van der Waals surface area contributed by atoms with Gasteiger partial charge in [-0.1, -0.05) is 0 Å². The van der Waals surface area contributed by atoms with E-state index in [0.29, 0.717) is 23.9 Å². The van der Waals surface area contributed by atoms with Crippen molar-refractivity contribution in [2.45, 2.75) is 12.1 Å². The Morgan fingerprint density at radius 1 is 1.31 bits per heavy atom. The Bertz CT molecular complexity index is 984. The van der Waals surface area contributed by atoms with Crippen molar-refractivity contribution in [3.63, 3.8) is 0 Å². The molecule has 10 heteroatoms. The molecule has 1 N–H and O–H groups in total. The number of hydrogen-bond donors (Lipinski definition) is 1. The van der Waals surface area contributed by atoms with Crippen LogP contribution < -0.4 is 10.9 Å². The summed E-state index contributed by atoms with van der Waals surface area (Å²) in [5.41, 5.74) is -0.255. The lowest BCUT2D eigenvalue weighted by Gasteiger charge is -2.20. The zero-order valence-electron chi connectivity index (χ0n) is 13.4. The number of thiophene rings is 1. The van der Waals surface area contributed by atoms with Crippen molar-refractivity contribution >= 4 is 33.2 Å². The molecule has 26 heavy (non-hydrogen) atoms. The van der Waals surface area contributed by atoms with Crippen LogP contribution >= 0.6 is 27.3 Å². The van der Waals surface area contributed by atoms with Gasteiger partial charge in [-0.25, -0.2) is 9.36 Å². The van der Waals surface area contributed by atoms with Gasteiger partial charge in [-0.3, -0.25) is 9.59 Å². The maximum atomic E-state index is 12.4. The minimum absolute atomic E-state index is 0.197. The van der Waals surface area contributed by atoms with Crippen LogP contribution in [-0.4, -0.2) is 44.7 Å². The molecule has 134 valence electrons. The third-order valence-corrected chi connectivity index (χ3v) is 5.65. The minimum Gasteiger partial charge on any atom is -0.377 e. The fraction of sp³-hybridized carbons (Fsp3) is 0.250. The van der Waals surface area contributed by atoms with Crippen LogP contribution in [0.2, 0.25) is 0 Å². The van der Waals surface area contributed by atoms with Gasteiger partial charge in [0.05, 0.1) is 27.9 Å². The zero-order chi connectivity index (χ0) is 18.1. The molecule has 1 aliphatic rings. The van der Waals surface area contributed by atoms with Crippen LogP contribution in [0.25, 0.3) is 5.82 Å². The van der Waals surface area contributed by atoms with E-state index in [9.17, 15) is 9.59 Å². The molecular formula is C16H14BrN5O3S. The van der Waals surface area contributed by atoms with Gasteiger partial charge in [0, 0.05) is 18.5 Å². The van der Waals surface area contributed by atoms with E-state index >= 15 is 0 Å². The van der Waals surface area contributed by atoms with Crippen molar-refractivity contribution < 1.29 is 9.53 Å². The average molecular weight is 436 g/mol. The van der Waals surface area contributed by atoms with E-state index in [2.05, 4.69) is 31.4 Å². The second-order valence-electron chi connectivity index (χ2n) is 5.71. The standard InChI is InChI=1S/C16H14BrN5O3S/c17-13-3-2-12(26-13)16(24)19-10-8-25-9-11(10)22-15(23)5-4-14(20-22)21-7-1-6-18-21/h1-7,10-11H,8-9H2,(H,19,24). The van der Waals surface area contributed by atoms with Crippen molar-refractivity contribution in [2.24, 2.45) is 0 Å². The van der Waals surface area contributed by atoms with Crippen LogP contribution in [0.4, 0.5) is 0 Å². The number of amides is 1. The van der Waals surface area contributed by atoms with E-state index in [1.807, 2.05) is 6.07 Å². The number of aromatic nitrogens is 4. The van der Waals surface area contributed by atoms with Gasteiger partial charge < -0.3 is 10.1 Å². The molecule has 1 fully saturated rings. The van der Waals surface area contributed by atoms with Crippen molar-refractivity contribution in [3.05, 3.63) is 61.7 Å². The van der Waals surface area contributed by atoms with E-state index in [4.69, 9.17) is 4.74 Å². The molecule has 1 aliphatic heterocycles. The smallest absolute Gasteiger partial charge is 0.267 e. The number of carbonyl (C=O) groups excluding carboxylic acids is 1. The maximum absolute atomic E-state index is 12.4. The summed E-state index contributed by atoms with van der Waals surface area (Å²) in [5.74, 6) is 0.325. The summed E-state index contributed by atoms with van der Waals surface area (Å²) in [6.07, 6.45) is 3.38. The molecule has 2 atom stereocenters. The Labute approximate surface area is 160 Å². The van der Waals surface area contributed by atoms with Crippen molar-refractivity contribution in [2.75, 3.05) is 13.2 Å². The topological polar surface area (TPSA) is 91.0 Å². The lowest BCUT2D eigenvalue weighted by Crippen LogP contribution is -2.44. The average Bonchev–Trinajstić information content (AvgIpc) is 3.37. The number of nitrogens with one attached hydrogen (secondary N) is 1. The van der Waals surface area contributed by atoms with Gasteiger partial charge in [0.2, 0.25) is 0 Å². The molecule has 1 saturated heterocycles. The van der Waals surface area contributed by atoms with Gasteiger partial charge in [-0.2, -0.15) is 5.10 Å². The first kappa shape index (κ1) is 17.1. The number of halogens is 1. The second-order valence-corrected chi connectivity index (χ2v) is 8.18. The first-order chi connectivity index (χ1) is 12.6. The fourth-order valence-corrected chi connectivity index (χ4v) is 4.07. The Balaban J connectivity index is 1.59. The number of carbonyl (C=O) groups is 1. The number of rotatable bonds is 4. The molecule has 0 aromatic carbocycles. The molecule has 0 spiro atoms. The van der Waals surface area contributed by atoms with Crippen LogP contribution in [0.15, 0.2) is 51.3 Å². The van der Waals surface area contributed by atoms with Crippen LogP contribution in [0.1, 0.15) is 15.7 Å². The first-order valence-corrected chi connectivity index (χ1v) is 9.46. The third kappa shape index (κ3) is 3.35. The van der Waals surface area contributed by atoms with Gasteiger partial charge in [-0.05, 0) is 40.2 Å². The predicted molar refractivity (Wildman–Crippen MR) is 98.7 cm³/mol. The lowest BCUT2D eigenvalue weighted by atomic mass is 10.1. The van der Waals surface area contributed by atoms with E-state index in [0.717, 1.165) is 3.79 Å². The molecular weight excluding hydrogens is 422 g/mol. The molecule has 0 saturated carbocycles. The molecule has 3 aromatic rings. The highest BCUT2D eigenvalue weighted by Crippen LogP contribution is 2.23. The van der Waals surface area contributed by atoms with E-state index in [1.54, 1.807) is 35.3 Å². The molecule has 0 bridgehead atoms. The van der Waals surface area contributed by atoms with E-state index < -0.39 is 0 Å². The van der Waals surface area contributed by atoms with Crippen molar-refractivity contribution in [3.8, 4) is 5.82 Å². The van der Waals surface area contributed by atoms with Gasteiger partial charge in [0.1, 0.15) is 6.04 Å². The summed E-state index contributed by atoms with van der Waals surface area (Å²) in [4.78, 5) is 25.4. The summed E-state index contributed by atoms with van der Waals surface area (Å²) in [6.45, 7) is 0.623. The summed E-state index contributed by atoms with van der Waals surface area (Å²) in [5, 5.41) is 11.5. The van der Waals surface area contributed by atoms with Crippen LogP contribution in [0, 0.1) is 0 Å². The number of nitrogens with zero attached hydrogens (tertiary/aromatic N) is 4. The molecule has 0 radical (unpaired) electrons. The largest absolute Gasteiger partial charge is 0.377 e. The van der Waals surface area contributed by atoms with E-state index in [-0.39, 0.29) is 23.6 Å². The third-order valence-electron chi connectivity index (χ3n) is 4.03. The highest BCUT2D eigenvalue weighted by molar-refractivity contribution is 9.11. The molecule has 2 unspecified atom stereocenters. The SMILES string of the molecule is O=C(NC1COCC1n1nc(-n2cccn2)ccc1=O)c1ccc(Br)s1. The van der Waals surface area contributed by atoms with Crippen LogP contribution in [0.5, 0.6) is 0 Å². The molecule has 4 rings (SSSR count). The summed E-state index contributed by atoms with van der Waals surface area (Å²) in [6, 6.07) is 7.67. The summed E-state index contributed by atoms with van der Waals surface area (Å²) in [7, 11) is 0. The van der Waals surface area contributed by atoms with Crippen LogP contribution in [0.3, 0.4) is 0 Å². The number of hydrogen-bond acceptors (Lipinski definition) is 6. The quantitative estimate of drug-likeness (QED) is 0.672. The predicted octanol–water partition coefficient (Wildman–Crippen LogP) is 1.62. The van der Waals surface area contributed by atoms with Crippen molar-refractivity contribution in [1.82, 2.24) is 24.9 Å². The highest BCUT2D eigenvalue weighted by Gasteiger charge is 2.33. The second kappa shape index (κ2) is 7.14. The molecule has 4 heterocycles. The van der Waals surface area contributed by atoms with E-state index in [1.165, 1.54) is 22.1 Å².